The third kappa shape index (κ3) is 3.50. The maximum absolute atomic E-state index is 13.4. The Bertz CT molecular complexity index is 733. The highest BCUT2D eigenvalue weighted by Crippen LogP contribution is 2.38. The van der Waals surface area contributed by atoms with Crippen LogP contribution < -0.4 is 0 Å². The van der Waals surface area contributed by atoms with Crippen LogP contribution in [0.5, 0.6) is 0 Å². The molecule has 1 aliphatic heterocycles. The maximum Gasteiger partial charge on any atom is 0.223 e. The molecular formula is C21H24FNOS. The first kappa shape index (κ1) is 16.8. The monoisotopic (exact) mass is 357 g/mol. The molecule has 2 aromatic rings. The van der Waals surface area contributed by atoms with Crippen LogP contribution in [0.4, 0.5) is 4.39 Å². The molecular weight excluding hydrogens is 333 g/mol. The highest BCUT2D eigenvalue weighted by molar-refractivity contribution is 7.10. The van der Waals surface area contributed by atoms with Crippen molar-refractivity contribution in [3.8, 4) is 0 Å². The van der Waals surface area contributed by atoms with Gasteiger partial charge in [0.1, 0.15) is 5.82 Å². The fraction of sp³-hybridized carbons (Fsp3) is 0.476. The molecule has 1 fully saturated rings. The number of fused-ring (bicyclic) bond motifs is 1. The van der Waals surface area contributed by atoms with Crippen molar-refractivity contribution in [3.05, 3.63) is 57.5 Å². The van der Waals surface area contributed by atoms with Crippen LogP contribution in [0.15, 0.2) is 35.7 Å². The predicted octanol–water partition coefficient (Wildman–Crippen LogP) is 5.33. The number of rotatable bonds is 4. The molecule has 1 aliphatic carbocycles. The van der Waals surface area contributed by atoms with Crippen LogP contribution in [0, 0.1) is 11.7 Å². The number of hydrogen-bond acceptors (Lipinski definition) is 2. The first-order valence-corrected chi connectivity index (χ1v) is 10.2. The van der Waals surface area contributed by atoms with Gasteiger partial charge in [0.25, 0.3) is 0 Å². The average Bonchev–Trinajstić information content (AvgIpc) is 3.31. The van der Waals surface area contributed by atoms with E-state index in [1.54, 1.807) is 11.3 Å². The number of amides is 1. The lowest BCUT2D eigenvalue weighted by Crippen LogP contribution is -2.40. The summed E-state index contributed by atoms with van der Waals surface area (Å²) >= 11 is 1.76. The second-order valence-electron chi connectivity index (χ2n) is 7.28. The lowest BCUT2D eigenvalue weighted by atomic mass is 9.92. The van der Waals surface area contributed by atoms with Crippen LogP contribution in [0.25, 0.3) is 0 Å². The van der Waals surface area contributed by atoms with Gasteiger partial charge in [0, 0.05) is 17.8 Å². The van der Waals surface area contributed by atoms with Crippen molar-refractivity contribution in [3.63, 3.8) is 0 Å². The maximum atomic E-state index is 13.4. The molecule has 2 nitrogen and oxygen atoms in total. The Morgan fingerprint density at radius 2 is 1.92 bits per heavy atom. The van der Waals surface area contributed by atoms with Gasteiger partial charge in [-0.3, -0.25) is 4.79 Å². The highest BCUT2D eigenvalue weighted by atomic mass is 32.1. The molecule has 0 radical (unpaired) electrons. The van der Waals surface area contributed by atoms with Crippen molar-refractivity contribution >= 4 is 17.2 Å². The Hall–Kier alpha value is -1.68. The van der Waals surface area contributed by atoms with Crippen LogP contribution in [0.2, 0.25) is 0 Å². The summed E-state index contributed by atoms with van der Waals surface area (Å²) in [6, 6.07) is 8.71. The first-order chi connectivity index (χ1) is 12.2. The summed E-state index contributed by atoms with van der Waals surface area (Å²) in [5, 5.41) is 2.10. The van der Waals surface area contributed by atoms with Crippen LogP contribution in [-0.2, 0) is 11.2 Å². The molecule has 1 aromatic heterocycles. The van der Waals surface area contributed by atoms with Crippen LogP contribution >= 0.6 is 11.3 Å². The molecule has 1 saturated carbocycles. The largest absolute Gasteiger partial charge is 0.331 e. The van der Waals surface area contributed by atoms with E-state index in [4.69, 9.17) is 0 Å². The van der Waals surface area contributed by atoms with E-state index in [9.17, 15) is 9.18 Å². The molecule has 4 heteroatoms. The van der Waals surface area contributed by atoms with Gasteiger partial charge in [-0.2, -0.15) is 0 Å². The summed E-state index contributed by atoms with van der Waals surface area (Å²) in [5.41, 5.74) is 2.23. The second-order valence-corrected chi connectivity index (χ2v) is 8.28. The number of nitrogens with zero attached hydrogens (tertiary/aromatic N) is 1. The fourth-order valence-electron chi connectivity index (χ4n) is 4.36. The molecule has 0 bridgehead atoms. The van der Waals surface area contributed by atoms with E-state index in [1.807, 2.05) is 17.0 Å². The smallest absolute Gasteiger partial charge is 0.223 e. The van der Waals surface area contributed by atoms with E-state index >= 15 is 0 Å². The van der Waals surface area contributed by atoms with E-state index in [0.717, 1.165) is 30.9 Å². The summed E-state index contributed by atoms with van der Waals surface area (Å²) < 4.78 is 13.4. The molecule has 25 heavy (non-hydrogen) atoms. The molecule has 0 spiro atoms. The summed E-state index contributed by atoms with van der Waals surface area (Å²) in [5.74, 6) is 0.747. The summed E-state index contributed by atoms with van der Waals surface area (Å²) in [7, 11) is 0. The van der Waals surface area contributed by atoms with Crippen molar-refractivity contribution in [1.82, 2.24) is 4.90 Å². The second kappa shape index (κ2) is 7.28. The first-order valence-electron chi connectivity index (χ1n) is 9.33. The Kier molecular flexibility index (Phi) is 4.89. The minimum absolute atomic E-state index is 0.0633. The lowest BCUT2D eigenvalue weighted by Gasteiger charge is -2.36. The Balaban J connectivity index is 1.56. The lowest BCUT2D eigenvalue weighted by molar-refractivity contribution is -0.133. The zero-order valence-electron chi connectivity index (χ0n) is 14.4. The standard InChI is InChI=1S/C21H24FNOS/c22-17-8-6-16(7-9-17)21-18-12-14-25-19(18)11-13-23(21)20(24)10-5-15-3-1-2-4-15/h6-9,12,14-15,21H,1-5,10-11,13H2. The third-order valence-corrected chi connectivity index (χ3v) is 6.71. The topological polar surface area (TPSA) is 20.3 Å². The van der Waals surface area contributed by atoms with E-state index in [-0.39, 0.29) is 17.8 Å². The predicted molar refractivity (Wildman–Crippen MR) is 99.2 cm³/mol. The van der Waals surface area contributed by atoms with E-state index in [2.05, 4.69) is 11.4 Å². The molecule has 0 saturated heterocycles. The van der Waals surface area contributed by atoms with Crippen LogP contribution in [0.1, 0.15) is 60.6 Å². The van der Waals surface area contributed by atoms with Gasteiger partial charge < -0.3 is 4.90 Å². The normalized spacial score (nSPS) is 20.7. The van der Waals surface area contributed by atoms with Crippen molar-refractivity contribution in [1.29, 1.82) is 0 Å². The molecule has 1 aromatic carbocycles. The molecule has 2 aliphatic rings. The van der Waals surface area contributed by atoms with Crippen molar-refractivity contribution in [2.24, 2.45) is 5.92 Å². The third-order valence-electron chi connectivity index (χ3n) is 5.71. The van der Waals surface area contributed by atoms with Crippen molar-refractivity contribution in [2.45, 2.75) is 51.0 Å². The molecule has 1 amide bonds. The minimum Gasteiger partial charge on any atom is -0.331 e. The molecule has 4 rings (SSSR count). The zero-order chi connectivity index (χ0) is 17.2. The Morgan fingerprint density at radius 3 is 2.68 bits per heavy atom. The highest BCUT2D eigenvalue weighted by Gasteiger charge is 2.32. The number of carbonyl (C=O) groups is 1. The van der Waals surface area contributed by atoms with Gasteiger partial charge in [-0.1, -0.05) is 37.8 Å². The molecule has 1 unspecified atom stereocenters. The number of halogens is 1. The average molecular weight is 357 g/mol. The van der Waals surface area contributed by atoms with Gasteiger partial charge >= 0.3 is 0 Å². The van der Waals surface area contributed by atoms with Crippen molar-refractivity contribution in [2.75, 3.05) is 6.54 Å². The van der Waals surface area contributed by atoms with Gasteiger partial charge in [-0.15, -0.1) is 11.3 Å². The van der Waals surface area contributed by atoms with E-state index in [1.165, 1.54) is 48.3 Å². The molecule has 0 N–H and O–H groups in total. The summed E-state index contributed by atoms with van der Waals surface area (Å²) in [4.78, 5) is 16.4. The summed E-state index contributed by atoms with van der Waals surface area (Å²) in [6.07, 6.45) is 7.79. The van der Waals surface area contributed by atoms with Crippen molar-refractivity contribution < 1.29 is 9.18 Å². The van der Waals surface area contributed by atoms with Crippen LogP contribution in [-0.4, -0.2) is 17.4 Å². The van der Waals surface area contributed by atoms with Gasteiger partial charge in [0.15, 0.2) is 0 Å². The Labute approximate surface area is 152 Å². The quantitative estimate of drug-likeness (QED) is 0.724. The van der Waals surface area contributed by atoms with Crippen LogP contribution in [0.3, 0.4) is 0 Å². The number of thiophene rings is 1. The van der Waals surface area contributed by atoms with Gasteiger partial charge in [-0.25, -0.2) is 4.39 Å². The van der Waals surface area contributed by atoms with Gasteiger partial charge in [-0.05, 0) is 53.5 Å². The molecule has 132 valence electrons. The van der Waals surface area contributed by atoms with E-state index in [0.29, 0.717) is 6.42 Å². The van der Waals surface area contributed by atoms with Gasteiger partial charge in [0.05, 0.1) is 6.04 Å². The van der Waals surface area contributed by atoms with E-state index < -0.39 is 0 Å². The number of benzene rings is 1. The van der Waals surface area contributed by atoms with Gasteiger partial charge in [0.2, 0.25) is 5.91 Å². The zero-order valence-corrected chi connectivity index (χ0v) is 15.2. The SMILES string of the molecule is O=C(CCC1CCCC1)N1CCc2sccc2C1c1ccc(F)cc1. The number of carbonyl (C=O) groups excluding carboxylic acids is 1. The molecule has 1 atom stereocenters. The minimum atomic E-state index is -0.232. The number of hydrogen-bond donors (Lipinski definition) is 0. The summed E-state index contributed by atoms with van der Waals surface area (Å²) in [6.45, 7) is 0.763. The molecule has 2 heterocycles. The Morgan fingerprint density at radius 1 is 1.16 bits per heavy atom. The fourth-order valence-corrected chi connectivity index (χ4v) is 5.26.